The van der Waals surface area contributed by atoms with Crippen molar-refractivity contribution in [3.8, 4) is 0 Å². The van der Waals surface area contributed by atoms with Crippen LogP contribution in [0, 0.1) is 0 Å². The second-order valence-electron chi connectivity index (χ2n) is 6.71. The molecule has 7 heteroatoms. The van der Waals surface area contributed by atoms with Crippen molar-refractivity contribution in [1.29, 1.82) is 0 Å². The highest BCUT2D eigenvalue weighted by Crippen LogP contribution is 2.21. The maximum atomic E-state index is 11.0. The maximum Gasteiger partial charge on any atom is 0.320 e. The number of primary amides is 1. The molecule has 0 unspecified atom stereocenters. The van der Waals surface area contributed by atoms with Crippen molar-refractivity contribution >= 4 is 23.2 Å². The van der Waals surface area contributed by atoms with Crippen LogP contribution in [0.5, 0.6) is 0 Å². The zero-order valence-electron chi connectivity index (χ0n) is 16.7. The molecule has 150 valence electrons. The van der Waals surface area contributed by atoms with Crippen molar-refractivity contribution in [2.75, 3.05) is 0 Å². The zero-order chi connectivity index (χ0) is 20.1. The Kier molecular flexibility index (Phi) is 12.9. The third-order valence-electron chi connectivity index (χ3n) is 3.89. The molecule has 0 fully saturated rings. The van der Waals surface area contributed by atoms with Crippen molar-refractivity contribution in [1.82, 2.24) is 10.3 Å². The Morgan fingerprint density at radius 3 is 2.00 bits per heavy atom. The maximum absolute atomic E-state index is 11.0. The molecule has 1 aromatic heterocycles. The molecule has 0 radical (unpaired) electrons. The molecule has 1 amide bonds. The van der Waals surface area contributed by atoms with Crippen LogP contribution in [0.3, 0.4) is 0 Å². The molecule has 0 aliphatic carbocycles. The largest absolute Gasteiger partial charge is 0.480 e. The summed E-state index contributed by atoms with van der Waals surface area (Å²) in [5.41, 5.74) is 5.04. The molecule has 0 spiro atoms. The van der Waals surface area contributed by atoms with E-state index >= 15 is 0 Å². The van der Waals surface area contributed by atoms with Crippen molar-refractivity contribution in [2.45, 2.75) is 91.1 Å². The molecule has 0 aromatic carbocycles. The summed E-state index contributed by atoms with van der Waals surface area (Å²) in [5.74, 6) is -0.739. The van der Waals surface area contributed by atoms with Crippen LogP contribution in [-0.4, -0.2) is 34.1 Å². The van der Waals surface area contributed by atoms with Crippen LogP contribution in [0.15, 0.2) is 6.20 Å². The lowest BCUT2D eigenvalue weighted by atomic mass is 10.0. The van der Waals surface area contributed by atoms with Gasteiger partial charge in [0, 0.05) is 17.1 Å². The van der Waals surface area contributed by atoms with E-state index in [-0.39, 0.29) is 6.04 Å². The minimum atomic E-state index is -0.714. The number of nitrogens with two attached hydrogens (primary N) is 1. The number of hydrogen-bond donors (Lipinski definition) is 3. The van der Waals surface area contributed by atoms with Gasteiger partial charge < -0.3 is 16.2 Å². The average molecular weight is 386 g/mol. The molecular weight excluding hydrogens is 350 g/mol. The van der Waals surface area contributed by atoms with Crippen LogP contribution in [0.1, 0.15) is 93.7 Å². The number of hydrogen-bond acceptors (Lipinski definition) is 5. The van der Waals surface area contributed by atoms with E-state index in [9.17, 15) is 9.59 Å². The number of rotatable bonds is 11. The summed E-state index contributed by atoms with van der Waals surface area (Å²) in [5, 5.41) is 12.7. The summed E-state index contributed by atoms with van der Waals surface area (Å²) < 4.78 is 0. The molecule has 1 aromatic rings. The number of carboxylic acids is 1. The molecule has 0 saturated carbocycles. The third kappa shape index (κ3) is 9.87. The van der Waals surface area contributed by atoms with E-state index in [1.807, 2.05) is 6.92 Å². The van der Waals surface area contributed by atoms with E-state index in [0.29, 0.717) is 17.0 Å². The quantitative estimate of drug-likeness (QED) is 0.530. The van der Waals surface area contributed by atoms with Crippen LogP contribution < -0.4 is 11.1 Å². The number of nitrogens with zero attached hydrogens (tertiary/aromatic N) is 1. The molecule has 0 aliphatic heterocycles. The highest BCUT2D eigenvalue weighted by molar-refractivity contribution is 7.13. The zero-order valence-corrected chi connectivity index (χ0v) is 17.6. The fourth-order valence-electron chi connectivity index (χ4n) is 2.53. The molecule has 26 heavy (non-hydrogen) atoms. The second-order valence-corrected chi connectivity index (χ2v) is 7.77. The van der Waals surface area contributed by atoms with E-state index in [4.69, 9.17) is 10.8 Å². The Bertz CT molecular complexity index is 526. The van der Waals surface area contributed by atoms with Gasteiger partial charge in [-0.05, 0) is 25.2 Å². The number of nitrogens with one attached hydrogen (secondary N) is 1. The Morgan fingerprint density at radius 2 is 1.69 bits per heavy atom. The average Bonchev–Trinajstić information content (AvgIpc) is 3.06. The Hall–Kier alpha value is -1.47. The smallest absolute Gasteiger partial charge is 0.320 e. The van der Waals surface area contributed by atoms with E-state index in [0.717, 1.165) is 43.4 Å². The van der Waals surface area contributed by atoms with E-state index in [1.54, 1.807) is 6.20 Å². The van der Waals surface area contributed by atoms with Gasteiger partial charge in [0.05, 0.1) is 0 Å². The summed E-state index contributed by atoms with van der Waals surface area (Å²) in [6.45, 7) is 10.4. The van der Waals surface area contributed by atoms with Crippen LogP contribution in [0.4, 0.5) is 0 Å². The second kappa shape index (κ2) is 13.7. The van der Waals surface area contributed by atoms with E-state index < -0.39 is 11.9 Å². The normalized spacial score (nSPS) is 12.0. The predicted octanol–water partition coefficient (Wildman–Crippen LogP) is 4.16. The first-order valence-corrected chi connectivity index (χ1v) is 10.3. The van der Waals surface area contributed by atoms with Gasteiger partial charge in [0.1, 0.15) is 6.04 Å². The number of carbonyl (C=O) groups is 2. The number of thiazole rings is 1. The number of carbonyl (C=O) groups excluding carboxylic acids is 1. The Balaban J connectivity index is 0.000000502. The first-order valence-electron chi connectivity index (χ1n) is 9.50. The summed E-state index contributed by atoms with van der Waals surface area (Å²) in [4.78, 5) is 26.6. The lowest BCUT2D eigenvalue weighted by Crippen LogP contribution is -2.43. The van der Waals surface area contributed by atoms with Gasteiger partial charge in [0.2, 0.25) is 0 Å². The number of carboxylic acid groups (broad SMARTS) is 1. The van der Waals surface area contributed by atoms with Crippen LogP contribution in [0.25, 0.3) is 0 Å². The first kappa shape index (κ1) is 24.5. The molecule has 1 heterocycles. The number of amides is 1. The topological polar surface area (TPSA) is 105 Å². The number of aromatic nitrogens is 1. The van der Waals surface area contributed by atoms with Crippen molar-refractivity contribution in [2.24, 2.45) is 5.73 Å². The first-order chi connectivity index (χ1) is 12.3. The standard InChI is InChI=1S/C12H25NO2.C7H10N2OS/c1-4-7-10(8-5-2)13-11(9-6-3)12(14)15;1-4(2)5-3-9-7(11-5)6(8)10/h10-11,13H,4-9H2,1-3H3,(H,14,15);3-4H,1-2H3,(H2,8,10)/t11-;/m0./s1. The van der Waals surface area contributed by atoms with Gasteiger partial charge in [-0.1, -0.05) is 53.9 Å². The summed E-state index contributed by atoms with van der Waals surface area (Å²) in [6.07, 6.45) is 7.69. The lowest BCUT2D eigenvalue weighted by molar-refractivity contribution is -0.140. The van der Waals surface area contributed by atoms with Crippen molar-refractivity contribution in [3.05, 3.63) is 16.1 Å². The van der Waals surface area contributed by atoms with E-state index in [1.165, 1.54) is 11.3 Å². The summed E-state index contributed by atoms with van der Waals surface area (Å²) in [6, 6.07) is 0.00532. The molecule has 0 bridgehead atoms. The molecular formula is C19H35N3O3S. The van der Waals surface area contributed by atoms with Crippen LogP contribution in [0.2, 0.25) is 0 Å². The van der Waals surface area contributed by atoms with Gasteiger partial charge in [-0.3, -0.25) is 9.59 Å². The van der Waals surface area contributed by atoms with Crippen LogP contribution >= 0.6 is 11.3 Å². The van der Waals surface area contributed by atoms with Gasteiger partial charge in [0.15, 0.2) is 5.01 Å². The monoisotopic (exact) mass is 385 g/mol. The van der Waals surface area contributed by atoms with Crippen molar-refractivity contribution < 1.29 is 14.7 Å². The molecule has 0 aliphatic rings. The summed E-state index contributed by atoms with van der Waals surface area (Å²) >= 11 is 1.36. The highest BCUT2D eigenvalue weighted by atomic mass is 32.1. The molecule has 1 atom stereocenters. The SMILES string of the molecule is CC(C)c1cnc(C(N)=O)s1.CCCC(CCC)N[C@@H](CCC)C(=O)O. The van der Waals surface area contributed by atoms with Gasteiger partial charge in [-0.2, -0.15) is 0 Å². The third-order valence-corrected chi connectivity index (χ3v) is 5.20. The van der Waals surface area contributed by atoms with Gasteiger partial charge >= 0.3 is 5.97 Å². The molecule has 4 N–H and O–H groups in total. The highest BCUT2D eigenvalue weighted by Gasteiger charge is 2.19. The Labute approximate surface area is 161 Å². The predicted molar refractivity (Wildman–Crippen MR) is 108 cm³/mol. The molecule has 6 nitrogen and oxygen atoms in total. The minimum Gasteiger partial charge on any atom is -0.480 e. The van der Waals surface area contributed by atoms with Gasteiger partial charge in [-0.25, -0.2) is 4.98 Å². The van der Waals surface area contributed by atoms with Gasteiger partial charge in [0.25, 0.3) is 5.91 Å². The number of aliphatic carboxylic acids is 1. The molecule has 1 rings (SSSR count). The summed E-state index contributed by atoms with van der Waals surface area (Å²) in [7, 11) is 0. The lowest BCUT2D eigenvalue weighted by Gasteiger charge is -2.22. The molecule has 0 saturated heterocycles. The fraction of sp³-hybridized carbons (Fsp3) is 0.737. The van der Waals surface area contributed by atoms with Crippen LogP contribution in [-0.2, 0) is 4.79 Å². The van der Waals surface area contributed by atoms with Crippen molar-refractivity contribution in [3.63, 3.8) is 0 Å². The Morgan fingerprint density at radius 1 is 1.15 bits per heavy atom. The minimum absolute atomic E-state index is 0.363. The fourth-order valence-corrected chi connectivity index (χ4v) is 3.30. The van der Waals surface area contributed by atoms with E-state index in [2.05, 4.69) is 38.0 Å². The van der Waals surface area contributed by atoms with Gasteiger partial charge in [-0.15, -0.1) is 11.3 Å².